The number of benzene rings is 3. The molecule has 0 saturated heterocycles. The maximum atomic E-state index is 12.8. The van der Waals surface area contributed by atoms with Crippen LogP contribution < -0.4 is 15.5 Å². The summed E-state index contributed by atoms with van der Waals surface area (Å²) in [6.07, 6.45) is 14.5. The topological polar surface area (TPSA) is 84.8 Å². The van der Waals surface area contributed by atoms with E-state index in [1.807, 2.05) is 19.1 Å². The lowest BCUT2D eigenvalue weighted by molar-refractivity contribution is 0.102. The highest BCUT2D eigenvalue weighted by Gasteiger charge is 2.16. The van der Waals surface area contributed by atoms with E-state index in [4.69, 9.17) is 0 Å². The number of hydrogen-bond donors (Lipinski definition) is 4. The zero-order chi connectivity index (χ0) is 41.1. The summed E-state index contributed by atoms with van der Waals surface area (Å²) in [5, 5.41) is 26.9. The van der Waals surface area contributed by atoms with Gasteiger partial charge in [0.05, 0.1) is 0 Å². The zero-order valence-electron chi connectivity index (χ0n) is 36.0. The molecule has 1 unspecified atom stereocenters. The van der Waals surface area contributed by atoms with Crippen LogP contribution in [0.2, 0.25) is 0 Å². The van der Waals surface area contributed by atoms with Crippen LogP contribution in [-0.4, -0.2) is 29.2 Å². The Hall–Kier alpha value is -4.29. The molecule has 0 aliphatic carbocycles. The minimum atomic E-state index is -0.333. The van der Waals surface area contributed by atoms with Gasteiger partial charge < -0.3 is 25.7 Å². The molecule has 3 aromatic rings. The van der Waals surface area contributed by atoms with Crippen LogP contribution in [0.1, 0.15) is 154 Å². The number of aryl methyl sites for hydroxylation is 1. The molecular formula is C48H75N3O3. The minimum absolute atomic E-state index is 0.180. The zero-order valence-corrected chi connectivity index (χ0v) is 36.0. The van der Waals surface area contributed by atoms with E-state index in [1.54, 1.807) is 24.4 Å². The first-order chi connectivity index (χ1) is 25.8. The van der Waals surface area contributed by atoms with Crippen LogP contribution in [0.15, 0.2) is 85.2 Å². The second kappa shape index (κ2) is 29.1. The Bertz CT molecular complexity index is 1530. The van der Waals surface area contributed by atoms with Gasteiger partial charge in [0.15, 0.2) is 0 Å². The highest BCUT2D eigenvalue weighted by atomic mass is 16.3. The molecule has 3 rings (SSSR count). The lowest BCUT2D eigenvalue weighted by atomic mass is 9.93. The lowest BCUT2D eigenvalue weighted by Crippen LogP contribution is -2.14. The molecule has 0 aliphatic heterocycles. The third kappa shape index (κ3) is 18.6. The molecule has 300 valence electrons. The predicted molar refractivity (Wildman–Crippen MR) is 238 cm³/mol. The van der Waals surface area contributed by atoms with Crippen LogP contribution in [0, 0.1) is 12.8 Å². The minimum Gasteiger partial charge on any atom is -0.506 e. The van der Waals surface area contributed by atoms with Crippen molar-refractivity contribution in [2.45, 2.75) is 134 Å². The number of allylic oxidation sites excluding steroid dienone is 3. The molecule has 0 fully saturated rings. The molecule has 0 aromatic heterocycles. The van der Waals surface area contributed by atoms with Crippen LogP contribution in [0.5, 0.6) is 11.5 Å². The van der Waals surface area contributed by atoms with E-state index in [0.717, 1.165) is 24.3 Å². The van der Waals surface area contributed by atoms with Crippen molar-refractivity contribution in [3.63, 3.8) is 0 Å². The van der Waals surface area contributed by atoms with Crippen molar-refractivity contribution in [3.8, 4) is 11.5 Å². The molecule has 6 nitrogen and oxygen atoms in total. The first kappa shape index (κ1) is 49.7. The van der Waals surface area contributed by atoms with Crippen molar-refractivity contribution in [2.24, 2.45) is 5.92 Å². The molecule has 1 amide bonds. The first-order valence-corrected chi connectivity index (χ1v) is 20.3. The molecule has 0 spiro atoms. The van der Waals surface area contributed by atoms with E-state index in [2.05, 4.69) is 112 Å². The fraction of sp³-hybridized carbons (Fsp3) is 0.479. The van der Waals surface area contributed by atoms with Gasteiger partial charge in [-0.15, -0.1) is 0 Å². The van der Waals surface area contributed by atoms with Gasteiger partial charge in [0, 0.05) is 35.8 Å². The third-order valence-electron chi connectivity index (χ3n) is 8.92. The number of aromatic hydroxyl groups is 2. The number of phenols is 2. The second-order valence-electron chi connectivity index (χ2n) is 13.9. The molecule has 0 aliphatic rings. The van der Waals surface area contributed by atoms with E-state index in [9.17, 15) is 15.0 Å². The van der Waals surface area contributed by atoms with Gasteiger partial charge in [-0.05, 0) is 112 Å². The maximum absolute atomic E-state index is 12.8. The Kier molecular flexibility index (Phi) is 26.8. The monoisotopic (exact) mass is 742 g/mol. The molecule has 1 atom stereocenters. The van der Waals surface area contributed by atoms with Crippen LogP contribution >= 0.6 is 0 Å². The van der Waals surface area contributed by atoms with Crippen molar-refractivity contribution in [2.75, 3.05) is 23.3 Å². The van der Waals surface area contributed by atoms with E-state index in [0.29, 0.717) is 5.56 Å². The summed E-state index contributed by atoms with van der Waals surface area (Å²) in [5.41, 5.74) is 8.56. The Morgan fingerprint density at radius 1 is 0.852 bits per heavy atom. The molecule has 54 heavy (non-hydrogen) atoms. The van der Waals surface area contributed by atoms with E-state index in [-0.39, 0.29) is 28.8 Å². The predicted octanol–water partition coefficient (Wildman–Crippen LogP) is 13.6. The summed E-state index contributed by atoms with van der Waals surface area (Å²) in [4.78, 5) is 14.3. The SMILES string of the molecule is C=CN(/C=C\C)c1c(O)cc(NC(=O)c2ccc(Cc3ccc(C)c(/C(C)=C(/C)CC)c3)cc2)cc1O.CCC.CCCC(C)CC.CCCNCCC. The Morgan fingerprint density at radius 3 is 1.85 bits per heavy atom. The van der Waals surface area contributed by atoms with Gasteiger partial charge >= 0.3 is 0 Å². The van der Waals surface area contributed by atoms with Crippen molar-refractivity contribution in [1.29, 1.82) is 0 Å². The Labute approximate surface area is 330 Å². The van der Waals surface area contributed by atoms with Crippen molar-refractivity contribution >= 4 is 22.9 Å². The molecule has 4 N–H and O–H groups in total. The number of rotatable bonds is 16. The summed E-state index contributed by atoms with van der Waals surface area (Å²) in [5.74, 6) is 0.256. The standard InChI is InChI=1S/C32H36N2O3.C7H16.C6H15N.C3H8/c1-7-16-34(9-3)31-29(35)19-27(20-30(31)36)33-32(37)26-14-12-24(13-15-26)17-25-11-10-22(5)28(18-25)23(6)21(4)8-2;1-4-6-7(3)5-2;1-3-5-7-6-4-2;1-3-2/h7,9-16,18-20,35-36H,3,8,17H2,1-2,4-6H3,(H,33,37);7H,4-6H2,1-3H3;7H,3-6H2,1-2H3;3H2,1-2H3/b16-7-,23-21-;;;. The average Bonchev–Trinajstić information content (AvgIpc) is 3.15. The van der Waals surface area contributed by atoms with Gasteiger partial charge in [-0.3, -0.25) is 4.79 Å². The summed E-state index contributed by atoms with van der Waals surface area (Å²) in [6, 6.07) is 16.8. The first-order valence-electron chi connectivity index (χ1n) is 20.3. The average molecular weight is 742 g/mol. The van der Waals surface area contributed by atoms with Gasteiger partial charge in [0.1, 0.15) is 17.2 Å². The Balaban J connectivity index is 0.00000137. The number of carbonyl (C=O) groups excluding carboxylic acids is 1. The molecule has 0 radical (unpaired) electrons. The van der Waals surface area contributed by atoms with Gasteiger partial charge in [-0.25, -0.2) is 0 Å². The number of anilines is 2. The second-order valence-corrected chi connectivity index (χ2v) is 13.9. The largest absolute Gasteiger partial charge is 0.506 e. The molecule has 0 bridgehead atoms. The normalized spacial score (nSPS) is 11.5. The van der Waals surface area contributed by atoms with Crippen molar-refractivity contribution < 1.29 is 15.0 Å². The van der Waals surface area contributed by atoms with E-state index < -0.39 is 0 Å². The third-order valence-corrected chi connectivity index (χ3v) is 8.92. The summed E-state index contributed by atoms with van der Waals surface area (Å²) >= 11 is 0. The number of phenolic OH excluding ortho intramolecular Hbond substituents is 2. The quantitative estimate of drug-likeness (QED) is 0.110. The Morgan fingerprint density at radius 2 is 1.41 bits per heavy atom. The maximum Gasteiger partial charge on any atom is 0.255 e. The number of nitrogens with one attached hydrogen (secondary N) is 2. The molecular weight excluding hydrogens is 667 g/mol. The van der Waals surface area contributed by atoms with Crippen LogP contribution in [0.25, 0.3) is 5.57 Å². The van der Waals surface area contributed by atoms with Gasteiger partial charge in [0.2, 0.25) is 0 Å². The van der Waals surface area contributed by atoms with Crippen LogP contribution in [0.4, 0.5) is 11.4 Å². The highest BCUT2D eigenvalue weighted by Crippen LogP contribution is 2.40. The van der Waals surface area contributed by atoms with E-state index in [1.165, 1.54) is 103 Å². The van der Waals surface area contributed by atoms with Gasteiger partial charge in [-0.1, -0.05) is 130 Å². The van der Waals surface area contributed by atoms with Gasteiger partial charge in [0.25, 0.3) is 5.91 Å². The molecule has 6 heteroatoms. The van der Waals surface area contributed by atoms with Crippen LogP contribution in [-0.2, 0) is 6.42 Å². The fourth-order valence-electron chi connectivity index (χ4n) is 5.39. The van der Waals surface area contributed by atoms with E-state index >= 15 is 0 Å². The summed E-state index contributed by atoms with van der Waals surface area (Å²) < 4.78 is 0. The van der Waals surface area contributed by atoms with Gasteiger partial charge in [-0.2, -0.15) is 0 Å². The molecule has 3 aromatic carbocycles. The molecule has 0 heterocycles. The fourth-order valence-corrected chi connectivity index (χ4v) is 5.39. The lowest BCUT2D eigenvalue weighted by Gasteiger charge is -2.19. The van der Waals surface area contributed by atoms with Crippen molar-refractivity contribution in [1.82, 2.24) is 5.32 Å². The number of carbonyl (C=O) groups is 1. The number of nitrogens with zero attached hydrogens (tertiary/aromatic N) is 1. The summed E-state index contributed by atoms with van der Waals surface area (Å²) in [7, 11) is 0. The smallest absolute Gasteiger partial charge is 0.255 e. The number of amides is 1. The van der Waals surface area contributed by atoms with Crippen molar-refractivity contribution in [3.05, 3.63) is 113 Å². The molecule has 0 saturated carbocycles. The highest BCUT2D eigenvalue weighted by molar-refractivity contribution is 6.04. The number of hydrogen-bond acceptors (Lipinski definition) is 5. The summed E-state index contributed by atoms with van der Waals surface area (Å²) in [6.45, 7) is 32.0. The van der Waals surface area contributed by atoms with Crippen LogP contribution in [0.3, 0.4) is 0 Å².